The molecule has 0 spiro atoms. The Morgan fingerprint density at radius 1 is 1.40 bits per heavy atom. The third-order valence-electron chi connectivity index (χ3n) is 3.14. The molecule has 2 N–H and O–H groups in total. The van der Waals surface area contributed by atoms with Gasteiger partial charge in [0.2, 0.25) is 5.13 Å². The van der Waals surface area contributed by atoms with Crippen LogP contribution in [0.15, 0.2) is 0 Å². The Kier molecular flexibility index (Phi) is 3.21. The van der Waals surface area contributed by atoms with Gasteiger partial charge in [-0.1, -0.05) is 24.2 Å². The summed E-state index contributed by atoms with van der Waals surface area (Å²) in [5.74, 6) is 0. The van der Waals surface area contributed by atoms with Crippen LogP contribution < -0.4 is 5.32 Å². The SMILES string of the molecule is Cc1nnc(NCC2(CO)CCCC2)s1. The summed E-state index contributed by atoms with van der Waals surface area (Å²) in [7, 11) is 0. The Hall–Kier alpha value is -0.680. The number of nitrogens with zero attached hydrogens (tertiary/aromatic N) is 2. The highest BCUT2D eigenvalue weighted by atomic mass is 32.1. The van der Waals surface area contributed by atoms with Gasteiger partial charge in [-0.2, -0.15) is 0 Å². The zero-order valence-corrected chi connectivity index (χ0v) is 9.81. The number of aliphatic hydroxyl groups is 1. The Balaban J connectivity index is 1.91. The Bertz CT molecular complexity index is 320. The zero-order valence-electron chi connectivity index (χ0n) is 8.99. The topological polar surface area (TPSA) is 58.0 Å². The fourth-order valence-electron chi connectivity index (χ4n) is 2.15. The smallest absolute Gasteiger partial charge is 0.205 e. The van der Waals surface area contributed by atoms with Crippen molar-refractivity contribution in [3.05, 3.63) is 5.01 Å². The molecule has 0 aliphatic heterocycles. The molecule has 84 valence electrons. The van der Waals surface area contributed by atoms with Gasteiger partial charge >= 0.3 is 0 Å². The molecule has 4 nitrogen and oxygen atoms in total. The van der Waals surface area contributed by atoms with E-state index in [0.29, 0.717) is 0 Å². The molecule has 0 atom stereocenters. The summed E-state index contributed by atoms with van der Waals surface area (Å²) in [6, 6.07) is 0. The number of nitrogens with one attached hydrogen (secondary N) is 1. The van der Waals surface area contributed by atoms with Gasteiger partial charge in [-0.05, 0) is 19.8 Å². The van der Waals surface area contributed by atoms with Crippen LogP contribution in [-0.4, -0.2) is 28.5 Å². The molecule has 2 rings (SSSR count). The van der Waals surface area contributed by atoms with Crippen LogP contribution in [0, 0.1) is 12.3 Å². The lowest BCUT2D eigenvalue weighted by Gasteiger charge is -2.26. The molecule has 1 saturated carbocycles. The van der Waals surface area contributed by atoms with Crippen LogP contribution in [0.25, 0.3) is 0 Å². The monoisotopic (exact) mass is 227 g/mol. The minimum Gasteiger partial charge on any atom is -0.396 e. The number of hydrogen-bond donors (Lipinski definition) is 2. The lowest BCUT2D eigenvalue weighted by Crippen LogP contribution is -2.30. The minimum absolute atomic E-state index is 0.0829. The number of aliphatic hydroxyl groups excluding tert-OH is 1. The highest BCUT2D eigenvalue weighted by Crippen LogP contribution is 2.37. The number of hydrogen-bond acceptors (Lipinski definition) is 5. The highest BCUT2D eigenvalue weighted by molar-refractivity contribution is 7.15. The van der Waals surface area contributed by atoms with E-state index >= 15 is 0 Å². The molecule has 1 aromatic heterocycles. The van der Waals surface area contributed by atoms with Gasteiger partial charge in [0, 0.05) is 12.0 Å². The molecular formula is C10H17N3OS. The second-order valence-electron chi connectivity index (χ2n) is 4.35. The van der Waals surface area contributed by atoms with Crippen molar-refractivity contribution in [2.45, 2.75) is 32.6 Å². The Morgan fingerprint density at radius 3 is 2.67 bits per heavy atom. The van der Waals surface area contributed by atoms with Crippen molar-refractivity contribution >= 4 is 16.5 Å². The van der Waals surface area contributed by atoms with E-state index in [2.05, 4.69) is 15.5 Å². The van der Waals surface area contributed by atoms with Crippen LogP contribution in [-0.2, 0) is 0 Å². The van der Waals surface area contributed by atoms with Gasteiger partial charge < -0.3 is 10.4 Å². The predicted molar refractivity (Wildman–Crippen MR) is 61.1 cm³/mol. The fourth-order valence-corrected chi connectivity index (χ4v) is 2.73. The van der Waals surface area contributed by atoms with Crippen LogP contribution >= 0.6 is 11.3 Å². The van der Waals surface area contributed by atoms with E-state index in [-0.39, 0.29) is 12.0 Å². The number of aromatic nitrogens is 2. The first-order valence-corrected chi connectivity index (χ1v) is 6.21. The van der Waals surface area contributed by atoms with Crippen molar-refractivity contribution < 1.29 is 5.11 Å². The Labute approximate surface area is 93.7 Å². The van der Waals surface area contributed by atoms with Crippen LogP contribution in [0.3, 0.4) is 0 Å². The predicted octanol–water partition coefficient (Wildman–Crippen LogP) is 1.81. The van der Waals surface area contributed by atoms with Gasteiger partial charge in [0.15, 0.2) is 0 Å². The van der Waals surface area contributed by atoms with Gasteiger partial charge in [-0.3, -0.25) is 0 Å². The van der Waals surface area contributed by atoms with Crippen LogP contribution in [0.4, 0.5) is 5.13 Å². The van der Waals surface area contributed by atoms with Crippen LogP contribution in [0.5, 0.6) is 0 Å². The van der Waals surface area contributed by atoms with E-state index in [1.807, 2.05) is 6.92 Å². The average molecular weight is 227 g/mol. The molecule has 1 aromatic rings. The molecule has 15 heavy (non-hydrogen) atoms. The average Bonchev–Trinajstić information content (AvgIpc) is 2.85. The number of rotatable bonds is 4. The van der Waals surface area contributed by atoms with Crippen LogP contribution in [0.2, 0.25) is 0 Å². The molecule has 0 aromatic carbocycles. The first kappa shape index (κ1) is 10.8. The summed E-state index contributed by atoms with van der Waals surface area (Å²) < 4.78 is 0. The van der Waals surface area contributed by atoms with E-state index in [4.69, 9.17) is 0 Å². The summed E-state index contributed by atoms with van der Waals surface area (Å²) >= 11 is 1.57. The lowest BCUT2D eigenvalue weighted by molar-refractivity contribution is 0.142. The van der Waals surface area contributed by atoms with E-state index in [9.17, 15) is 5.11 Å². The largest absolute Gasteiger partial charge is 0.396 e. The second kappa shape index (κ2) is 4.45. The van der Waals surface area contributed by atoms with Crippen molar-refractivity contribution in [3.8, 4) is 0 Å². The van der Waals surface area contributed by atoms with Crippen molar-refractivity contribution in [2.24, 2.45) is 5.41 Å². The number of aryl methyl sites for hydroxylation is 1. The van der Waals surface area contributed by atoms with Gasteiger partial charge in [0.05, 0.1) is 6.61 Å². The van der Waals surface area contributed by atoms with Crippen molar-refractivity contribution in [1.82, 2.24) is 10.2 Å². The normalized spacial score (nSPS) is 19.3. The van der Waals surface area contributed by atoms with Gasteiger partial charge in [0.25, 0.3) is 0 Å². The van der Waals surface area contributed by atoms with E-state index in [0.717, 1.165) is 29.5 Å². The summed E-state index contributed by atoms with van der Waals surface area (Å²) in [4.78, 5) is 0. The van der Waals surface area contributed by atoms with E-state index in [1.165, 1.54) is 12.8 Å². The summed E-state index contributed by atoms with van der Waals surface area (Å²) in [5.41, 5.74) is 0.0829. The maximum Gasteiger partial charge on any atom is 0.205 e. The van der Waals surface area contributed by atoms with Gasteiger partial charge in [-0.15, -0.1) is 10.2 Å². The fraction of sp³-hybridized carbons (Fsp3) is 0.800. The third kappa shape index (κ3) is 2.46. The molecule has 1 fully saturated rings. The molecule has 1 heterocycles. The minimum atomic E-state index is 0.0829. The quantitative estimate of drug-likeness (QED) is 0.823. The molecule has 0 saturated heterocycles. The molecule has 0 amide bonds. The summed E-state index contributed by atoms with van der Waals surface area (Å²) in [5, 5.41) is 22.5. The first-order valence-electron chi connectivity index (χ1n) is 5.39. The molecule has 1 aliphatic rings. The summed E-state index contributed by atoms with van der Waals surface area (Å²) in [6.45, 7) is 3.04. The standard InChI is InChI=1S/C10H17N3OS/c1-8-12-13-9(15-8)11-6-10(7-14)4-2-3-5-10/h14H,2-7H2,1H3,(H,11,13). The molecule has 0 radical (unpaired) electrons. The van der Waals surface area contributed by atoms with E-state index in [1.54, 1.807) is 11.3 Å². The second-order valence-corrected chi connectivity index (χ2v) is 5.53. The molecule has 0 bridgehead atoms. The van der Waals surface area contributed by atoms with Crippen LogP contribution in [0.1, 0.15) is 30.7 Å². The van der Waals surface area contributed by atoms with Crippen molar-refractivity contribution in [2.75, 3.05) is 18.5 Å². The molecule has 0 unspecified atom stereocenters. The van der Waals surface area contributed by atoms with Crippen molar-refractivity contribution in [1.29, 1.82) is 0 Å². The van der Waals surface area contributed by atoms with E-state index < -0.39 is 0 Å². The van der Waals surface area contributed by atoms with Gasteiger partial charge in [0.1, 0.15) is 5.01 Å². The molecule has 5 heteroatoms. The lowest BCUT2D eigenvalue weighted by atomic mass is 9.87. The Morgan fingerprint density at radius 2 is 2.13 bits per heavy atom. The maximum atomic E-state index is 9.43. The number of anilines is 1. The molecular weight excluding hydrogens is 210 g/mol. The maximum absolute atomic E-state index is 9.43. The van der Waals surface area contributed by atoms with Gasteiger partial charge in [-0.25, -0.2) is 0 Å². The van der Waals surface area contributed by atoms with Crippen molar-refractivity contribution in [3.63, 3.8) is 0 Å². The highest BCUT2D eigenvalue weighted by Gasteiger charge is 2.33. The molecule has 1 aliphatic carbocycles. The first-order chi connectivity index (χ1) is 7.24. The third-order valence-corrected chi connectivity index (χ3v) is 3.94. The summed E-state index contributed by atoms with van der Waals surface area (Å²) in [6.07, 6.45) is 4.71. The zero-order chi connectivity index (χ0) is 10.7.